The first-order valence-electron chi connectivity index (χ1n) is 4.41. The van der Waals surface area contributed by atoms with E-state index in [9.17, 15) is 4.79 Å². The number of esters is 1. The SMILES string of the molecule is CCOC(=O)Cc1cccc(OC)n1. The van der Waals surface area contributed by atoms with E-state index in [0.717, 1.165) is 0 Å². The van der Waals surface area contributed by atoms with Crippen LogP contribution in [0.15, 0.2) is 18.2 Å². The van der Waals surface area contributed by atoms with E-state index in [-0.39, 0.29) is 12.4 Å². The lowest BCUT2D eigenvalue weighted by molar-refractivity contribution is -0.142. The zero-order chi connectivity index (χ0) is 10.4. The summed E-state index contributed by atoms with van der Waals surface area (Å²) in [5.74, 6) is 0.236. The number of methoxy groups -OCH3 is 1. The van der Waals surface area contributed by atoms with Crippen LogP contribution >= 0.6 is 0 Å². The van der Waals surface area contributed by atoms with Gasteiger partial charge in [-0.15, -0.1) is 0 Å². The highest BCUT2D eigenvalue weighted by molar-refractivity contribution is 5.71. The molecular weight excluding hydrogens is 182 g/mol. The number of hydrogen-bond donors (Lipinski definition) is 0. The van der Waals surface area contributed by atoms with Crippen molar-refractivity contribution < 1.29 is 14.3 Å². The summed E-state index contributed by atoms with van der Waals surface area (Å²) in [7, 11) is 1.54. The summed E-state index contributed by atoms with van der Waals surface area (Å²) in [6.07, 6.45) is 0.186. The van der Waals surface area contributed by atoms with Crippen molar-refractivity contribution in [3.8, 4) is 5.88 Å². The molecule has 0 aromatic carbocycles. The number of ether oxygens (including phenoxy) is 2. The summed E-state index contributed by atoms with van der Waals surface area (Å²) in [6.45, 7) is 2.17. The molecule has 0 saturated heterocycles. The van der Waals surface area contributed by atoms with Crippen LogP contribution < -0.4 is 4.74 Å². The molecule has 4 heteroatoms. The molecule has 76 valence electrons. The number of nitrogens with zero attached hydrogens (tertiary/aromatic N) is 1. The van der Waals surface area contributed by atoms with Gasteiger partial charge in [0, 0.05) is 6.07 Å². The molecule has 0 N–H and O–H groups in total. The van der Waals surface area contributed by atoms with E-state index in [1.165, 1.54) is 7.11 Å². The fraction of sp³-hybridized carbons (Fsp3) is 0.400. The van der Waals surface area contributed by atoms with Gasteiger partial charge in [-0.2, -0.15) is 0 Å². The second-order valence-corrected chi connectivity index (χ2v) is 2.65. The molecule has 0 radical (unpaired) electrons. The van der Waals surface area contributed by atoms with E-state index in [1.807, 2.05) is 0 Å². The Morgan fingerprint density at radius 2 is 2.29 bits per heavy atom. The average molecular weight is 195 g/mol. The third-order valence-corrected chi connectivity index (χ3v) is 1.62. The summed E-state index contributed by atoms with van der Waals surface area (Å²) in [5.41, 5.74) is 0.655. The molecule has 1 rings (SSSR count). The molecular formula is C10H13NO3. The maximum Gasteiger partial charge on any atom is 0.311 e. The van der Waals surface area contributed by atoms with Crippen molar-refractivity contribution in [3.63, 3.8) is 0 Å². The third-order valence-electron chi connectivity index (χ3n) is 1.62. The maximum atomic E-state index is 11.1. The number of pyridine rings is 1. The van der Waals surface area contributed by atoms with Gasteiger partial charge in [0.15, 0.2) is 0 Å². The molecule has 0 atom stereocenters. The van der Waals surface area contributed by atoms with Crippen LogP contribution in [-0.4, -0.2) is 24.7 Å². The quantitative estimate of drug-likeness (QED) is 0.677. The molecule has 0 aliphatic heterocycles. The molecule has 0 aliphatic carbocycles. The number of aromatic nitrogens is 1. The lowest BCUT2D eigenvalue weighted by Crippen LogP contribution is -2.08. The first-order chi connectivity index (χ1) is 6.76. The molecule has 4 nitrogen and oxygen atoms in total. The van der Waals surface area contributed by atoms with Gasteiger partial charge in [-0.1, -0.05) is 6.07 Å². The van der Waals surface area contributed by atoms with Crippen LogP contribution in [0.1, 0.15) is 12.6 Å². The van der Waals surface area contributed by atoms with Crippen LogP contribution in [0.25, 0.3) is 0 Å². The lowest BCUT2D eigenvalue weighted by atomic mass is 10.3. The molecule has 1 heterocycles. The molecule has 0 unspecified atom stereocenters. The Labute approximate surface area is 82.9 Å². The molecule has 0 fully saturated rings. The Balaban J connectivity index is 2.62. The molecule has 0 bridgehead atoms. The van der Waals surface area contributed by atoms with E-state index >= 15 is 0 Å². The summed E-state index contributed by atoms with van der Waals surface area (Å²) in [6, 6.07) is 5.29. The predicted octanol–water partition coefficient (Wildman–Crippen LogP) is 1.20. The van der Waals surface area contributed by atoms with Gasteiger partial charge in [0.25, 0.3) is 0 Å². The van der Waals surface area contributed by atoms with Crippen LogP contribution in [0.4, 0.5) is 0 Å². The number of hydrogen-bond acceptors (Lipinski definition) is 4. The Hall–Kier alpha value is -1.58. The lowest BCUT2D eigenvalue weighted by Gasteiger charge is -2.03. The summed E-state index contributed by atoms with van der Waals surface area (Å²) in [4.78, 5) is 15.2. The molecule has 0 amide bonds. The fourth-order valence-electron chi connectivity index (χ4n) is 1.03. The highest BCUT2D eigenvalue weighted by Crippen LogP contribution is 2.07. The fourth-order valence-corrected chi connectivity index (χ4v) is 1.03. The third kappa shape index (κ3) is 3.05. The van der Waals surface area contributed by atoms with E-state index in [0.29, 0.717) is 18.2 Å². The molecule has 1 aromatic rings. The molecule has 0 spiro atoms. The highest BCUT2D eigenvalue weighted by Gasteiger charge is 2.05. The first-order valence-corrected chi connectivity index (χ1v) is 4.41. The second-order valence-electron chi connectivity index (χ2n) is 2.65. The van der Waals surface area contributed by atoms with Gasteiger partial charge >= 0.3 is 5.97 Å². The van der Waals surface area contributed by atoms with Gasteiger partial charge in [0.2, 0.25) is 5.88 Å². The smallest absolute Gasteiger partial charge is 0.311 e. The van der Waals surface area contributed by atoms with Crippen molar-refractivity contribution in [1.82, 2.24) is 4.98 Å². The van der Waals surface area contributed by atoms with Crippen molar-refractivity contribution in [2.45, 2.75) is 13.3 Å². The molecule has 14 heavy (non-hydrogen) atoms. The van der Waals surface area contributed by atoms with E-state index in [2.05, 4.69) is 4.98 Å². The average Bonchev–Trinajstić information content (AvgIpc) is 2.18. The van der Waals surface area contributed by atoms with Crippen LogP contribution in [-0.2, 0) is 16.0 Å². The van der Waals surface area contributed by atoms with Gasteiger partial charge in [0.1, 0.15) is 0 Å². The maximum absolute atomic E-state index is 11.1. The number of rotatable bonds is 4. The van der Waals surface area contributed by atoms with Crippen molar-refractivity contribution >= 4 is 5.97 Å². The molecule has 0 saturated carbocycles. The Kier molecular flexibility index (Phi) is 3.91. The summed E-state index contributed by atoms with van der Waals surface area (Å²) >= 11 is 0. The largest absolute Gasteiger partial charge is 0.481 e. The minimum atomic E-state index is -0.270. The Morgan fingerprint density at radius 3 is 2.93 bits per heavy atom. The minimum Gasteiger partial charge on any atom is -0.481 e. The van der Waals surface area contributed by atoms with Crippen LogP contribution in [0.3, 0.4) is 0 Å². The van der Waals surface area contributed by atoms with E-state index in [4.69, 9.17) is 9.47 Å². The van der Waals surface area contributed by atoms with E-state index in [1.54, 1.807) is 25.1 Å². The van der Waals surface area contributed by atoms with Crippen LogP contribution in [0.2, 0.25) is 0 Å². The van der Waals surface area contributed by atoms with Gasteiger partial charge < -0.3 is 9.47 Å². The normalized spacial score (nSPS) is 9.57. The van der Waals surface area contributed by atoms with Gasteiger partial charge in [0.05, 0.1) is 25.8 Å². The van der Waals surface area contributed by atoms with Crippen LogP contribution in [0, 0.1) is 0 Å². The van der Waals surface area contributed by atoms with E-state index < -0.39 is 0 Å². The monoisotopic (exact) mass is 195 g/mol. The summed E-state index contributed by atoms with van der Waals surface area (Å²) in [5, 5.41) is 0. The second kappa shape index (κ2) is 5.21. The highest BCUT2D eigenvalue weighted by atomic mass is 16.5. The topological polar surface area (TPSA) is 48.4 Å². The molecule has 1 aromatic heterocycles. The van der Waals surface area contributed by atoms with Gasteiger partial charge in [-0.05, 0) is 13.0 Å². The van der Waals surface area contributed by atoms with Crippen molar-refractivity contribution in [1.29, 1.82) is 0 Å². The first kappa shape index (κ1) is 10.5. The van der Waals surface area contributed by atoms with Crippen molar-refractivity contribution in [2.75, 3.05) is 13.7 Å². The number of carbonyl (C=O) groups is 1. The zero-order valence-electron chi connectivity index (χ0n) is 8.32. The van der Waals surface area contributed by atoms with Gasteiger partial charge in [-0.3, -0.25) is 4.79 Å². The zero-order valence-corrected chi connectivity index (χ0v) is 8.32. The Bertz CT molecular complexity index is 312. The molecule has 0 aliphatic rings. The summed E-state index contributed by atoms with van der Waals surface area (Å²) < 4.78 is 9.73. The van der Waals surface area contributed by atoms with Crippen molar-refractivity contribution in [2.24, 2.45) is 0 Å². The number of carbonyl (C=O) groups excluding carboxylic acids is 1. The Morgan fingerprint density at radius 1 is 1.50 bits per heavy atom. The van der Waals surface area contributed by atoms with Gasteiger partial charge in [-0.25, -0.2) is 4.98 Å². The predicted molar refractivity (Wildman–Crippen MR) is 51.1 cm³/mol. The van der Waals surface area contributed by atoms with Crippen LogP contribution in [0.5, 0.6) is 5.88 Å². The standard InChI is InChI=1S/C10H13NO3/c1-3-14-10(12)7-8-5-4-6-9(11-8)13-2/h4-6H,3,7H2,1-2H3. The minimum absolute atomic E-state index is 0.186. The van der Waals surface area contributed by atoms with Crippen molar-refractivity contribution in [3.05, 3.63) is 23.9 Å².